The van der Waals surface area contributed by atoms with E-state index in [1.165, 1.54) is 0 Å². The van der Waals surface area contributed by atoms with Crippen LogP contribution in [-0.2, 0) is 9.53 Å². The number of ether oxygens (including phenoxy) is 1. The Bertz CT molecular complexity index is 713. The molecule has 3 rings (SSSR count). The van der Waals surface area contributed by atoms with Crippen LogP contribution >= 0.6 is 11.6 Å². The molecule has 4 nitrogen and oxygen atoms in total. The second-order valence-electron chi connectivity index (χ2n) is 4.61. The number of benzene rings is 1. The summed E-state index contributed by atoms with van der Waals surface area (Å²) < 4.78 is 5.75. The number of nitrogens with zero attached hydrogens (tertiary/aromatic N) is 1. The van der Waals surface area contributed by atoms with Gasteiger partial charge in [0.15, 0.2) is 12.0 Å². The largest absolute Gasteiger partial charge is 0.462 e. The van der Waals surface area contributed by atoms with Crippen molar-refractivity contribution >= 4 is 23.0 Å². The molecule has 2 aromatic rings. The van der Waals surface area contributed by atoms with Crippen molar-refractivity contribution in [1.82, 2.24) is 10.3 Å². The number of ketones is 1. The lowest BCUT2D eigenvalue weighted by molar-refractivity contribution is -0.120. The molecule has 5 heteroatoms. The van der Waals surface area contributed by atoms with Gasteiger partial charge in [-0.1, -0.05) is 29.8 Å². The topological polar surface area (TPSA) is 51.2 Å². The fourth-order valence-electron chi connectivity index (χ4n) is 2.33. The molecule has 0 amide bonds. The minimum Gasteiger partial charge on any atom is -0.462 e. The predicted molar refractivity (Wildman–Crippen MR) is 80.5 cm³/mol. The number of hydrogen-bond acceptors (Lipinski definition) is 4. The molecule has 106 valence electrons. The molecule has 0 aliphatic carbocycles. The van der Waals surface area contributed by atoms with E-state index >= 15 is 0 Å². The molecule has 1 aromatic heterocycles. The fourth-order valence-corrected chi connectivity index (χ4v) is 2.52. The van der Waals surface area contributed by atoms with Crippen LogP contribution in [0.3, 0.4) is 0 Å². The average molecular weight is 301 g/mol. The summed E-state index contributed by atoms with van der Waals surface area (Å²) in [6.45, 7) is 0. The number of carbonyl (C=O) groups excluding carboxylic acids is 1. The number of rotatable bonds is 3. The molecule has 0 spiro atoms. The van der Waals surface area contributed by atoms with Gasteiger partial charge in [-0.15, -0.1) is 0 Å². The van der Waals surface area contributed by atoms with Crippen molar-refractivity contribution in [2.24, 2.45) is 0 Å². The summed E-state index contributed by atoms with van der Waals surface area (Å²) in [7, 11) is 1.72. The molecule has 1 atom stereocenters. The van der Waals surface area contributed by atoms with Crippen molar-refractivity contribution in [2.45, 2.75) is 6.10 Å². The summed E-state index contributed by atoms with van der Waals surface area (Å²) in [5.41, 5.74) is 1.98. The Balaban J connectivity index is 2.01. The van der Waals surface area contributed by atoms with E-state index < -0.39 is 6.10 Å². The molecule has 1 aliphatic rings. The zero-order valence-electron chi connectivity index (χ0n) is 11.3. The summed E-state index contributed by atoms with van der Waals surface area (Å²) in [5.74, 6) is 0.353. The van der Waals surface area contributed by atoms with Crippen LogP contribution < -0.4 is 5.32 Å². The predicted octanol–water partition coefficient (Wildman–Crippen LogP) is 2.96. The van der Waals surface area contributed by atoms with E-state index in [0.717, 1.165) is 11.1 Å². The first-order valence-electron chi connectivity index (χ1n) is 6.49. The zero-order valence-corrected chi connectivity index (χ0v) is 12.1. The van der Waals surface area contributed by atoms with Crippen molar-refractivity contribution in [2.75, 3.05) is 7.05 Å². The third-order valence-electron chi connectivity index (χ3n) is 3.27. The number of aromatic nitrogens is 1. The lowest BCUT2D eigenvalue weighted by atomic mass is 9.98. The maximum absolute atomic E-state index is 12.7. The number of Topliss-reactive ketones (excluding diaryl/α,β-unsaturated/α-hetero) is 1. The second-order valence-corrected chi connectivity index (χ2v) is 5.05. The number of hydrogen-bond donors (Lipinski definition) is 1. The van der Waals surface area contributed by atoms with Gasteiger partial charge >= 0.3 is 0 Å². The Morgan fingerprint density at radius 1 is 1.29 bits per heavy atom. The van der Waals surface area contributed by atoms with Crippen LogP contribution in [0.1, 0.15) is 17.2 Å². The highest BCUT2D eigenvalue weighted by molar-refractivity contribution is 6.31. The summed E-state index contributed by atoms with van der Waals surface area (Å²) in [6, 6.07) is 10.8. The van der Waals surface area contributed by atoms with Crippen LogP contribution in [0.2, 0.25) is 5.02 Å². The van der Waals surface area contributed by atoms with Crippen LogP contribution in [-0.4, -0.2) is 17.8 Å². The minimum atomic E-state index is -0.671. The summed E-state index contributed by atoms with van der Waals surface area (Å²) in [4.78, 5) is 16.7. The van der Waals surface area contributed by atoms with Gasteiger partial charge < -0.3 is 10.1 Å². The molecular formula is C16H13ClN2O2. The first-order valence-corrected chi connectivity index (χ1v) is 6.87. The normalized spacial score (nSPS) is 17.8. The van der Waals surface area contributed by atoms with Crippen molar-refractivity contribution in [3.8, 4) is 0 Å². The minimum absolute atomic E-state index is 0.102. The first-order chi connectivity index (χ1) is 10.2. The smallest absolute Gasteiger partial charge is 0.214 e. The number of nitrogens with one attached hydrogen (secondary N) is 1. The van der Waals surface area contributed by atoms with Crippen LogP contribution in [0.4, 0.5) is 0 Å². The van der Waals surface area contributed by atoms with E-state index in [4.69, 9.17) is 16.3 Å². The van der Waals surface area contributed by atoms with Crippen molar-refractivity contribution in [1.29, 1.82) is 0 Å². The van der Waals surface area contributed by atoms with Crippen molar-refractivity contribution in [3.05, 3.63) is 70.8 Å². The highest BCUT2D eigenvalue weighted by atomic mass is 35.5. The third kappa shape index (κ3) is 2.50. The van der Waals surface area contributed by atoms with Gasteiger partial charge in [0.2, 0.25) is 5.78 Å². The van der Waals surface area contributed by atoms with Crippen molar-refractivity contribution < 1.29 is 9.53 Å². The Kier molecular flexibility index (Phi) is 3.62. The summed E-state index contributed by atoms with van der Waals surface area (Å²) >= 11 is 6.01. The number of carbonyl (C=O) groups is 1. The molecule has 0 bridgehead atoms. The quantitative estimate of drug-likeness (QED) is 0.947. The molecular weight excluding hydrogens is 288 g/mol. The Labute approximate surface area is 127 Å². The van der Waals surface area contributed by atoms with Gasteiger partial charge in [-0.3, -0.25) is 9.78 Å². The van der Waals surface area contributed by atoms with Gasteiger partial charge in [0.25, 0.3) is 0 Å². The maximum Gasteiger partial charge on any atom is 0.214 e. The Morgan fingerprint density at radius 2 is 2.14 bits per heavy atom. The van der Waals surface area contributed by atoms with Gasteiger partial charge in [-0.2, -0.15) is 0 Å². The lowest BCUT2D eigenvalue weighted by Gasteiger charge is -2.10. The first kappa shape index (κ1) is 13.6. The van der Waals surface area contributed by atoms with Crippen LogP contribution in [0, 0.1) is 0 Å². The van der Waals surface area contributed by atoms with Gasteiger partial charge in [-0.25, -0.2) is 0 Å². The van der Waals surface area contributed by atoms with Crippen LogP contribution in [0.5, 0.6) is 0 Å². The number of pyridine rings is 1. The van der Waals surface area contributed by atoms with Gasteiger partial charge in [0.05, 0.1) is 5.57 Å². The summed E-state index contributed by atoms with van der Waals surface area (Å²) in [6.07, 6.45) is 2.62. The Hall–Kier alpha value is -2.33. The molecule has 1 aliphatic heterocycles. The van der Waals surface area contributed by atoms with Gasteiger partial charge in [0.1, 0.15) is 0 Å². The lowest BCUT2D eigenvalue weighted by Crippen LogP contribution is -2.10. The average Bonchev–Trinajstić information content (AvgIpc) is 2.85. The van der Waals surface area contributed by atoms with E-state index in [2.05, 4.69) is 10.3 Å². The van der Waals surface area contributed by atoms with E-state index in [0.29, 0.717) is 16.5 Å². The molecule has 0 saturated heterocycles. The molecule has 1 N–H and O–H groups in total. The van der Waals surface area contributed by atoms with Crippen molar-refractivity contribution in [3.63, 3.8) is 0 Å². The highest BCUT2D eigenvalue weighted by Crippen LogP contribution is 2.37. The molecule has 2 heterocycles. The van der Waals surface area contributed by atoms with E-state index in [-0.39, 0.29) is 5.78 Å². The van der Waals surface area contributed by atoms with Crippen LogP contribution in [0.25, 0.3) is 5.57 Å². The highest BCUT2D eigenvalue weighted by Gasteiger charge is 2.36. The standard InChI is InChI=1S/C16H13ClN2O2/c1-18-16-13(10-4-2-6-12(17)8-10)14(20)15(21-16)11-5-3-7-19-9-11/h2-9,15,18H,1H3. The van der Waals surface area contributed by atoms with E-state index in [1.54, 1.807) is 37.6 Å². The third-order valence-corrected chi connectivity index (χ3v) is 3.51. The molecule has 1 aromatic carbocycles. The second kappa shape index (κ2) is 5.58. The molecule has 0 radical (unpaired) electrons. The van der Waals surface area contributed by atoms with Gasteiger partial charge in [0, 0.05) is 30.0 Å². The fraction of sp³-hybridized carbons (Fsp3) is 0.125. The molecule has 0 saturated carbocycles. The monoisotopic (exact) mass is 300 g/mol. The SMILES string of the molecule is CNC1=C(c2cccc(Cl)c2)C(=O)C(c2cccnc2)O1. The molecule has 1 unspecified atom stereocenters. The maximum atomic E-state index is 12.7. The zero-order chi connectivity index (χ0) is 14.8. The Morgan fingerprint density at radius 3 is 2.81 bits per heavy atom. The molecule has 0 fully saturated rings. The van der Waals surface area contributed by atoms with E-state index in [1.807, 2.05) is 18.2 Å². The van der Waals surface area contributed by atoms with Gasteiger partial charge in [-0.05, 0) is 23.8 Å². The molecule has 21 heavy (non-hydrogen) atoms. The van der Waals surface area contributed by atoms with E-state index in [9.17, 15) is 4.79 Å². The van der Waals surface area contributed by atoms with Crippen LogP contribution in [0.15, 0.2) is 54.7 Å². The summed E-state index contributed by atoms with van der Waals surface area (Å²) in [5, 5.41) is 3.51. The number of halogens is 1.